The number of halogens is 1. The number of fused-ring (bicyclic) bond motifs is 1. The Morgan fingerprint density at radius 3 is 2.69 bits per heavy atom. The smallest absolute Gasteiger partial charge is 0.228 e. The van der Waals surface area contributed by atoms with Crippen molar-refractivity contribution in [3.05, 3.63) is 46.6 Å². The first-order valence-electron chi connectivity index (χ1n) is 9.59. The van der Waals surface area contributed by atoms with Crippen molar-refractivity contribution in [3.8, 4) is 5.75 Å². The van der Waals surface area contributed by atoms with Gasteiger partial charge in [0, 0.05) is 35.1 Å². The van der Waals surface area contributed by atoms with Gasteiger partial charge in [-0.3, -0.25) is 4.79 Å². The zero-order chi connectivity index (χ0) is 20.4. The van der Waals surface area contributed by atoms with Crippen LogP contribution in [0.5, 0.6) is 5.75 Å². The Hall–Kier alpha value is -2.74. The summed E-state index contributed by atoms with van der Waals surface area (Å²) in [4.78, 5) is 18.8. The molecule has 1 amide bonds. The molecule has 0 unspecified atom stereocenters. The zero-order valence-corrected chi connectivity index (χ0v) is 17.9. The molecule has 1 aromatic carbocycles. The summed E-state index contributed by atoms with van der Waals surface area (Å²) in [6.45, 7) is 3.53. The molecule has 2 aromatic heterocycles. The number of carbonyl (C=O) groups excluding carboxylic acids is 1. The minimum atomic E-state index is 0.0127. The maximum Gasteiger partial charge on any atom is 0.228 e. The van der Waals surface area contributed by atoms with Crippen LogP contribution in [0.25, 0.3) is 10.9 Å². The average Bonchev–Trinajstić information content (AvgIpc) is 3.59. The molecule has 7 nitrogen and oxygen atoms in total. The van der Waals surface area contributed by atoms with Crippen LogP contribution in [0.15, 0.2) is 41.0 Å². The lowest BCUT2D eigenvalue weighted by atomic mass is 10.2. The number of pyridine rings is 1. The zero-order valence-electron chi connectivity index (χ0n) is 16.4. The lowest BCUT2D eigenvalue weighted by Crippen LogP contribution is -2.24. The highest BCUT2D eigenvalue weighted by molar-refractivity contribution is 9.10. The number of carbonyl (C=O) groups is 1. The number of anilines is 2. The molecule has 8 heteroatoms. The van der Waals surface area contributed by atoms with E-state index < -0.39 is 0 Å². The van der Waals surface area contributed by atoms with Crippen LogP contribution in [0.1, 0.15) is 25.3 Å². The largest absolute Gasteiger partial charge is 0.497 e. The molecule has 3 aromatic rings. The molecular formula is C21H22BrN5O2. The molecule has 0 saturated heterocycles. The Balaban J connectivity index is 1.63. The van der Waals surface area contributed by atoms with Crippen molar-refractivity contribution in [1.29, 1.82) is 0 Å². The molecule has 0 radical (unpaired) electrons. The Kier molecular flexibility index (Phi) is 5.62. The van der Waals surface area contributed by atoms with Crippen molar-refractivity contribution < 1.29 is 9.53 Å². The molecular weight excluding hydrogens is 434 g/mol. The standard InChI is InChI=1S/C21H22BrN5O2/c1-3-27(12-13-4-8-15(29-2)9-5-13)20-19-16(17(22)11-23-20)10-18(25-26-19)24-21(28)14-6-7-14/h4-5,8-11,14H,3,6-7,12H2,1-2H3,(H,24,25,28). The fraction of sp³-hybridized carbons (Fsp3) is 0.333. The van der Waals surface area contributed by atoms with E-state index in [1.165, 1.54) is 0 Å². The van der Waals surface area contributed by atoms with Gasteiger partial charge >= 0.3 is 0 Å². The van der Waals surface area contributed by atoms with Gasteiger partial charge in [0.15, 0.2) is 11.6 Å². The van der Waals surface area contributed by atoms with Crippen molar-refractivity contribution in [3.63, 3.8) is 0 Å². The number of methoxy groups -OCH3 is 1. The van der Waals surface area contributed by atoms with Gasteiger partial charge in [-0.1, -0.05) is 12.1 Å². The molecule has 2 heterocycles. The SMILES string of the molecule is CCN(Cc1ccc(OC)cc1)c1ncc(Br)c2cc(NC(=O)C3CC3)nnc12. The summed E-state index contributed by atoms with van der Waals surface area (Å²) in [5.41, 5.74) is 1.84. The summed E-state index contributed by atoms with van der Waals surface area (Å²) >= 11 is 3.55. The normalized spacial score (nSPS) is 13.3. The van der Waals surface area contributed by atoms with Crippen LogP contribution in [0.2, 0.25) is 0 Å². The van der Waals surface area contributed by atoms with Crippen LogP contribution in [-0.4, -0.2) is 34.7 Å². The number of hydrogen-bond acceptors (Lipinski definition) is 6. The third-order valence-electron chi connectivity index (χ3n) is 4.98. The van der Waals surface area contributed by atoms with Crippen LogP contribution < -0.4 is 15.0 Å². The van der Waals surface area contributed by atoms with Crippen LogP contribution in [0.3, 0.4) is 0 Å². The monoisotopic (exact) mass is 455 g/mol. The number of ether oxygens (including phenoxy) is 1. The van der Waals surface area contributed by atoms with Crippen molar-refractivity contribution in [1.82, 2.24) is 15.2 Å². The van der Waals surface area contributed by atoms with Crippen LogP contribution >= 0.6 is 15.9 Å². The van der Waals surface area contributed by atoms with Crippen LogP contribution in [0, 0.1) is 5.92 Å². The van der Waals surface area contributed by atoms with Gasteiger partial charge in [-0.25, -0.2) is 4.98 Å². The first-order valence-corrected chi connectivity index (χ1v) is 10.4. The molecule has 1 saturated carbocycles. The van der Waals surface area contributed by atoms with Gasteiger partial charge in [-0.15, -0.1) is 10.2 Å². The molecule has 4 rings (SSSR count). The fourth-order valence-electron chi connectivity index (χ4n) is 3.14. The maximum atomic E-state index is 12.0. The summed E-state index contributed by atoms with van der Waals surface area (Å²) < 4.78 is 6.05. The second-order valence-electron chi connectivity index (χ2n) is 7.05. The Morgan fingerprint density at radius 2 is 2.03 bits per heavy atom. The molecule has 29 heavy (non-hydrogen) atoms. The van der Waals surface area contributed by atoms with E-state index in [0.29, 0.717) is 17.9 Å². The number of benzene rings is 1. The van der Waals surface area contributed by atoms with Gasteiger partial charge in [0.1, 0.15) is 11.3 Å². The molecule has 1 fully saturated rings. The predicted octanol–water partition coefficient (Wildman–Crippen LogP) is 4.17. The van der Waals surface area contributed by atoms with Crippen molar-refractivity contribution >= 4 is 44.4 Å². The van der Waals surface area contributed by atoms with Crippen molar-refractivity contribution in [2.75, 3.05) is 23.9 Å². The molecule has 0 spiro atoms. The molecule has 0 bridgehead atoms. The van der Waals surface area contributed by atoms with Gasteiger partial charge in [-0.2, -0.15) is 0 Å². The molecule has 0 atom stereocenters. The second-order valence-corrected chi connectivity index (χ2v) is 7.90. The quantitative estimate of drug-likeness (QED) is 0.575. The number of hydrogen-bond donors (Lipinski definition) is 1. The number of rotatable bonds is 7. The maximum absolute atomic E-state index is 12.0. The minimum absolute atomic E-state index is 0.0127. The molecule has 0 aliphatic heterocycles. The predicted molar refractivity (Wildman–Crippen MR) is 116 cm³/mol. The Morgan fingerprint density at radius 1 is 1.28 bits per heavy atom. The molecule has 1 aliphatic carbocycles. The van der Waals surface area contributed by atoms with E-state index in [1.54, 1.807) is 13.3 Å². The van der Waals surface area contributed by atoms with Crippen LogP contribution in [-0.2, 0) is 11.3 Å². The van der Waals surface area contributed by atoms with Crippen molar-refractivity contribution in [2.24, 2.45) is 5.92 Å². The molecule has 150 valence electrons. The summed E-state index contributed by atoms with van der Waals surface area (Å²) in [5.74, 6) is 2.18. The first kappa shape index (κ1) is 19.6. The Bertz CT molecular complexity index is 1040. The topological polar surface area (TPSA) is 80.2 Å². The van der Waals surface area contributed by atoms with E-state index in [1.807, 2.05) is 30.3 Å². The fourth-order valence-corrected chi connectivity index (χ4v) is 3.55. The third-order valence-corrected chi connectivity index (χ3v) is 5.61. The lowest BCUT2D eigenvalue weighted by molar-refractivity contribution is -0.117. The highest BCUT2D eigenvalue weighted by Gasteiger charge is 2.30. The first-order chi connectivity index (χ1) is 14.1. The number of nitrogens with zero attached hydrogens (tertiary/aromatic N) is 4. The minimum Gasteiger partial charge on any atom is -0.497 e. The third kappa shape index (κ3) is 4.32. The number of aromatic nitrogens is 3. The van der Waals surface area contributed by atoms with E-state index in [-0.39, 0.29) is 11.8 Å². The summed E-state index contributed by atoms with van der Waals surface area (Å²) in [6, 6.07) is 9.83. The molecule has 1 N–H and O–H groups in total. The van der Waals surface area contributed by atoms with Crippen LogP contribution in [0.4, 0.5) is 11.6 Å². The lowest BCUT2D eigenvalue weighted by Gasteiger charge is -2.23. The van der Waals surface area contributed by atoms with E-state index in [0.717, 1.165) is 46.4 Å². The Labute approximate surface area is 177 Å². The molecule has 1 aliphatic rings. The number of amides is 1. The van der Waals surface area contributed by atoms with Gasteiger partial charge in [-0.05, 0) is 59.5 Å². The van der Waals surface area contributed by atoms with Gasteiger partial charge in [0.05, 0.1) is 7.11 Å². The summed E-state index contributed by atoms with van der Waals surface area (Å²) in [5, 5.41) is 12.3. The van der Waals surface area contributed by atoms with E-state index in [9.17, 15) is 4.79 Å². The van der Waals surface area contributed by atoms with E-state index in [4.69, 9.17) is 4.74 Å². The van der Waals surface area contributed by atoms with E-state index >= 15 is 0 Å². The highest BCUT2D eigenvalue weighted by Crippen LogP contribution is 2.32. The number of nitrogens with one attached hydrogen (secondary N) is 1. The van der Waals surface area contributed by atoms with E-state index in [2.05, 4.69) is 48.3 Å². The van der Waals surface area contributed by atoms with Crippen molar-refractivity contribution in [2.45, 2.75) is 26.3 Å². The van der Waals surface area contributed by atoms with Gasteiger partial charge < -0.3 is 15.0 Å². The van der Waals surface area contributed by atoms with Gasteiger partial charge in [0.2, 0.25) is 5.91 Å². The average molecular weight is 456 g/mol. The summed E-state index contributed by atoms with van der Waals surface area (Å²) in [6.07, 6.45) is 3.66. The summed E-state index contributed by atoms with van der Waals surface area (Å²) in [7, 11) is 1.66. The second kappa shape index (κ2) is 8.32. The van der Waals surface area contributed by atoms with Gasteiger partial charge in [0.25, 0.3) is 0 Å². The highest BCUT2D eigenvalue weighted by atomic mass is 79.9.